The number of fused-ring (bicyclic) bond motifs is 1. The minimum atomic E-state index is -4.57. The lowest BCUT2D eigenvalue weighted by Gasteiger charge is -2.34. The maximum absolute atomic E-state index is 14.0. The number of piperazine rings is 1. The van der Waals surface area contributed by atoms with E-state index in [0.29, 0.717) is 36.7 Å². The Kier molecular flexibility index (Phi) is 8.69. The molecule has 1 aliphatic heterocycles. The maximum atomic E-state index is 14.0. The molecule has 0 radical (unpaired) electrons. The van der Waals surface area contributed by atoms with E-state index in [1.807, 2.05) is 30.0 Å². The van der Waals surface area contributed by atoms with Crippen molar-refractivity contribution in [3.05, 3.63) is 82.7 Å². The Balaban J connectivity index is 1.28. The number of aromatic amines is 1. The summed E-state index contributed by atoms with van der Waals surface area (Å²) in [4.78, 5) is 25.1. The van der Waals surface area contributed by atoms with Crippen LogP contribution < -0.4 is 15.4 Å². The van der Waals surface area contributed by atoms with E-state index >= 15 is 0 Å². The smallest absolute Gasteiger partial charge is 0.416 e. The highest BCUT2D eigenvalue weighted by Gasteiger charge is 2.34. The van der Waals surface area contributed by atoms with Gasteiger partial charge in [0.25, 0.3) is 5.91 Å². The average Bonchev–Trinajstić information content (AvgIpc) is 3.46. The minimum Gasteiger partial charge on any atom is -0.496 e. The van der Waals surface area contributed by atoms with Crippen LogP contribution >= 0.6 is 0 Å². The molecule has 0 saturated carbocycles. The second kappa shape index (κ2) is 12.4. The van der Waals surface area contributed by atoms with E-state index < -0.39 is 17.6 Å². The predicted molar refractivity (Wildman–Crippen MR) is 158 cm³/mol. The fourth-order valence-electron chi connectivity index (χ4n) is 5.22. The van der Waals surface area contributed by atoms with Crippen molar-refractivity contribution in [1.29, 1.82) is 0 Å². The van der Waals surface area contributed by atoms with Gasteiger partial charge in [0.05, 0.1) is 30.3 Å². The normalized spacial score (nSPS) is 14.7. The highest BCUT2D eigenvalue weighted by atomic mass is 19.4. The molecule has 0 aliphatic carbocycles. The lowest BCUT2D eigenvalue weighted by atomic mass is 10.0. The second-order valence-corrected chi connectivity index (χ2v) is 10.5. The number of likely N-dealkylation sites (N-methyl/N-ethyl adjacent to an activating group) is 1. The quantitative estimate of drug-likeness (QED) is 0.229. The summed E-state index contributed by atoms with van der Waals surface area (Å²) in [7, 11) is 1.61. The number of hydrogen-bond acceptors (Lipinski definition) is 6. The first-order chi connectivity index (χ1) is 20.1. The van der Waals surface area contributed by atoms with Gasteiger partial charge < -0.3 is 25.3 Å². The Hall–Kier alpha value is -4.09. The van der Waals surface area contributed by atoms with Crippen LogP contribution in [0, 0.1) is 6.92 Å². The summed E-state index contributed by atoms with van der Waals surface area (Å²) >= 11 is 0. The number of rotatable bonds is 9. The number of nitrogens with zero attached hydrogens (tertiary/aromatic N) is 3. The first-order valence-electron chi connectivity index (χ1n) is 14.0. The van der Waals surface area contributed by atoms with Gasteiger partial charge in [-0.2, -0.15) is 13.2 Å². The number of aromatic nitrogens is 2. The number of anilines is 2. The van der Waals surface area contributed by atoms with E-state index in [2.05, 4.69) is 32.4 Å². The van der Waals surface area contributed by atoms with Crippen LogP contribution in [0.2, 0.25) is 0 Å². The molecule has 1 fully saturated rings. The molecule has 4 aromatic rings. The molecule has 0 spiro atoms. The third-order valence-electron chi connectivity index (χ3n) is 7.70. The molecule has 1 amide bonds. The van der Waals surface area contributed by atoms with Crippen LogP contribution in [0.25, 0.3) is 11.0 Å². The molecule has 2 aromatic carbocycles. The first-order valence-corrected chi connectivity index (χ1v) is 14.0. The summed E-state index contributed by atoms with van der Waals surface area (Å²) in [5, 5.41) is 6.97. The summed E-state index contributed by atoms with van der Waals surface area (Å²) in [6.45, 7) is 8.61. The second-order valence-electron chi connectivity index (χ2n) is 10.5. The van der Waals surface area contributed by atoms with Crippen LogP contribution in [-0.4, -0.2) is 65.5 Å². The summed E-state index contributed by atoms with van der Waals surface area (Å²) in [6.07, 6.45) is -2.77. The number of pyridine rings is 1. The Morgan fingerprint density at radius 3 is 2.52 bits per heavy atom. The molecule has 222 valence electrons. The molecule has 0 bridgehead atoms. The monoisotopic (exact) mass is 580 g/mol. The van der Waals surface area contributed by atoms with Gasteiger partial charge in [0.1, 0.15) is 11.4 Å². The number of carbonyl (C=O) groups is 1. The Morgan fingerprint density at radius 2 is 1.81 bits per heavy atom. The van der Waals surface area contributed by atoms with Crippen molar-refractivity contribution in [3.63, 3.8) is 0 Å². The third-order valence-corrected chi connectivity index (χ3v) is 7.70. The molecular formula is C31H35F3N6O2. The van der Waals surface area contributed by atoms with Crippen LogP contribution in [0.1, 0.15) is 39.7 Å². The zero-order valence-corrected chi connectivity index (χ0v) is 23.9. The molecule has 3 N–H and O–H groups in total. The lowest BCUT2D eigenvalue weighted by Crippen LogP contribution is -2.45. The Bertz CT molecular complexity index is 1560. The van der Waals surface area contributed by atoms with Crippen LogP contribution in [0.3, 0.4) is 0 Å². The SMILES string of the molecule is CCN1CCN(Cc2ccc(C(=O)Nc3ccc(C)c(NCc4cc(OC)c5cc[nH]c5n4)c3)cc2C(F)(F)F)CC1. The number of aryl methyl sites for hydroxylation is 1. The number of carbonyl (C=O) groups excluding carboxylic acids is 1. The highest BCUT2D eigenvalue weighted by Crippen LogP contribution is 2.34. The number of halogens is 3. The van der Waals surface area contributed by atoms with Crippen molar-refractivity contribution in [2.24, 2.45) is 0 Å². The van der Waals surface area contributed by atoms with Crippen molar-refractivity contribution >= 4 is 28.3 Å². The highest BCUT2D eigenvalue weighted by molar-refractivity contribution is 6.04. The fraction of sp³-hybridized carbons (Fsp3) is 0.355. The van der Waals surface area contributed by atoms with E-state index in [-0.39, 0.29) is 17.7 Å². The van der Waals surface area contributed by atoms with Crippen molar-refractivity contribution in [2.75, 3.05) is 50.5 Å². The van der Waals surface area contributed by atoms with Gasteiger partial charge in [0.2, 0.25) is 0 Å². The van der Waals surface area contributed by atoms with Crippen LogP contribution in [0.15, 0.2) is 54.7 Å². The average molecular weight is 581 g/mol. The van der Waals surface area contributed by atoms with Gasteiger partial charge in [-0.15, -0.1) is 0 Å². The molecule has 8 nitrogen and oxygen atoms in total. The van der Waals surface area contributed by atoms with Crippen molar-refractivity contribution < 1.29 is 22.7 Å². The van der Waals surface area contributed by atoms with Gasteiger partial charge >= 0.3 is 6.18 Å². The number of alkyl halides is 3. The summed E-state index contributed by atoms with van der Waals surface area (Å²) < 4.78 is 47.6. The van der Waals surface area contributed by atoms with Gasteiger partial charge in [-0.3, -0.25) is 9.69 Å². The van der Waals surface area contributed by atoms with Crippen molar-refractivity contribution in [1.82, 2.24) is 19.8 Å². The number of benzene rings is 2. The molecule has 1 aliphatic rings. The summed E-state index contributed by atoms with van der Waals surface area (Å²) in [5.41, 5.74) is 2.97. The molecule has 1 saturated heterocycles. The van der Waals surface area contributed by atoms with Crippen molar-refractivity contribution in [2.45, 2.75) is 33.1 Å². The number of nitrogens with one attached hydrogen (secondary N) is 3. The van der Waals surface area contributed by atoms with E-state index in [0.717, 1.165) is 48.0 Å². The molecule has 3 heterocycles. The first kappa shape index (κ1) is 29.4. The Morgan fingerprint density at radius 1 is 1.05 bits per heavy atom. The van der Waals surface area contributed by atoms with Gasteiger partial charge in [0, 0.05) is 61.9 Å². The molecule has 2 aromatic heterocycles. The zero-order chi connectivity index (χ0) is 29.9. The largest absolute Gasteiger partial charge is 0.496 e. The fourth-order valence-corrected chi connectivity index (χ4v) is 5.22. The molecule has 5 rings (SSSR count). The molecule has 0 unspecified atom stereocenters. The lowest BCUT2D eigenvalue weighted by molar-refractivity contribution is -0.138. The summed E-state index contributed by atoms with van der Waals surface area (Å²) in [6, 6.07) is 12.9. The van der Waals surface area contributed by atoms with Gasteiger partial charge in [0.15, 0.2) is 0 Å². The standard InChI is InChI=1S/C31H35F3N6O2/c1-4-39-11-13-40(14-12-39)19-22-7-6-21(15-26(22)31(32,33)34)30(41)38-23-8-5-20(2)27(16-23)36-18-24-17-28(42-3)25-9-10-35-29(25)37-24/h5-10,15-17,36H,4,11-14,18-19H2,1-3H3,(H,35,37)(H,38,41). The van der Waals surface area contributed by atoms with E-state index in [9.17, 15) is 18.0 Å². The number of hydrogen-bond donors (Lipinski definition) is 3. The Labute approximate surface area is 242 Å². The van der Waals surface area contributed by atoms with Crippen LogP contribution in [0.5, 0.6) is 5.75 Å². The van der Waals surface area contributed by atoms with E-state index in [4.69, 9.17) is 4.74 Å². The number of ether oxygens (including phenoxy) is 1. The predicted octanol–water partition coefficient (Wildman–Crippen LogP) is 5.90. The van der Waals surface area contributed by atoms with Crippen LogP contribution in [-0.2, 0) is 19.3 Å². The van der Waals surface area contributed by atoms with E-state index in [1.54, 1.807) is 25.4 Å². The minimum absolute atomic E-state index is 0.0486. The van der Waals surface area contributed by atoms with Gasteiger partial charge in [-0.05, 0) is 54.9 Å². The molecular weight excluding hydrogens is 545 g/mol. The molecule has 0 atom stereocenters. The maximum Gasteiger partial charge on any atom is 0.416 e. The zero-order valence-electron chi connectivity index (χ0n) is 23.9. The van der Waals surface area contributed by atoms with Gasteiger partial charge in [-0.25, -0.2) is 4.98 Å². The third kappa shape index (κ3) is 6.69. The topological polar surface area (TPSA) is 85.5 Å². The number of amides is 1. The summed E-state index contributed by atoms with van der Waals surface area (Å²) in [5.74, 6) is 0.0982. The number of methoxy groups -OCH3 is 1. The number of H-pyrrole nitrogens is 1. The van der Waals surface area contributed by atoms with Crippen LogP contribution in [0.4, 0.5) is 24.5 Å². The molecule has 42 heavy (non-hydrogen) atoms. The van der Waals surface area contributed by atoms with E-state index in [1.165, 1.54) is 12.1 Å². The van der Waals surface area contributed by atoms with Crippen molar-refractivity contribution in [3.8, 4) is 5.75 Å². The molecule has 11 heteroatoms. The van der Waals surface area contributed by atoms with Gasteiger partial charge in [-0.1, -0.05) is 19.1 Å².